The Balaban J connectivity index is 5.16. The van der Waals surface area contributed by atoms with Crippen LogP contribution in [-0.2, 0) is 0 Å². The van der Waals surface area contributed by atoms with Crippen molar-refractivity contribution >= 4 is 10.2 Å². The molecule has 0 radical (unpaired) electrons. The molecule has 0 spiro atoms. The maximum atomic E-state index is 2.59. The molecule has 0 amide bonds. The lowest BCUT2D eigenvalue weighted by Gasteiger charge is -2.48. The molecule has 0 aliphatic rings. The highest BCUT2D eigenvalue weighted by molar-refractivity contribution is 6.17. The number of rotatable bonds is 8. The van der Waals surface area contributed by atoms with Crippen LogP contribution in [0, 0.1) is 0 Å². The summed E-state index contributed by atoms with van der Waals surface area (Å²) >= 11 is 0. The van der Waals surface area contributed by atoms with Gasteiger partial charge in [-0.3, -0.25) is 9.80 Å². The summed E-state index contributed by atoms with van der Waals surface area (Å²) in [7, 11) is 1.16. The van der Waals surface area contributed by atoms with Crippen molar-refractivity contribution < 1.29 is 0 Å². The zero-order valence-electron chi connectivity index (χ0n) is 13.0. The normalized spacial score (nSPS) is 14.0. The molecule has 0 rings (SSSR count). The topological polar surface area (TPSA) is 6.48 Å². The van der Waals surface area contributed by atoms with Crippen molar-refractivity contribution in [2.45, 2.75) is 53.6 Å². The SMILES string of the molecule is CCN(CC)C(C)(CC(C)=C[SiH3])N(CC)CC. The van der Waals surface area contributed by atoms with Gasteiger partial charge in [0.1, 0.15) is 0 Å². The van der Waals surface area contributed by atoms with E-state index in [4.69, 9.17) is 0 Å². The zero-order valence-corrected chi connectivity index (χ0v) is 15.0. The Morgan fingerprint density at radius 1 is 1.00 bits per heavy atom. The van der Waals surface area contributed by atoms with Crippen LogP contribution >= 0.6 is 0 Å². The summed E-state index contributed by atoms with van der Waals surface area (Å²) in [4.78, 5) is 5.18. The first kappa shape index (κ1) is 16.9. The van der Waals surface area contributed by atoms with Gasteiger partial charge in [-0.2, -0.15) is 0 Å². The highest BCUT2D eigenvalue weighted by Gasteiger charge is 2.34. The molecule has 0 unspecified atom stereocenters. The first-order chi connectivity index (χ1) is 7.99. The second kappa shape index (κ2) is 8.06. The van der Waals surface area contributed by atoms with Crippen LogP contribution in [0.1, 0.15) is 48.0 Å². The molecule has 0 aliphatic carbocycles. The van der Waals surface area contributed by atoms with Gasteiger partial charge in [-0.05, 0) is 46.4 Å². The molecule has 0 N–H and O–H groups in total. The maximum Gasteiger partial charge on any atom is 0.0746 e. The second-order valence-corrected chi connectivity index (χ2v) is 5.45. The van der Waals surface area contributed by atoms with Gasteiger partial charge in [0.05, 0.1) is 5.66 Å². The van der Waals surface area contributed by atoms with Gasteiger partial charge in [0.2, 0.25) is 0 Å². The van der Waals surface area contributed by atoms with Crippen LogP contribution in [-0.4, -0.2) is 51.9 Å². The summed E-state index contributed by atoms with van der Waals surface area (Å²) in [5.74, 6) is 0. The molecule has 0 aromatic rings. The largest absolute Gasteiger partial charge is 0.286 e. The fourth-order valence-electron chi connectivity index (χ4n) is 2.86. The minimum absolute atomic E-state index is 0.179. The lowest BCUT2D eigenvalue weighted by molar-refractivity contribution is -0.0353. The van der Waals surface area contributed by atoms with Crippen LogP contribution < -0.4 is 0 Å². The van der Waals surface area contributed by atoms with Crippen molar-refractivity contribution in [2.75, 3.05) is 26.2 Å². The van der Waals surface area contributed by atoms with Gasteiger partial charge < -0.3 is 0 Å². The van der Waals surface area contributed by atoms with Crippen LogP contribution in [0.4, 0.5) is 0 Å². The Bertz CT molecular complexity index is 218. The van der Waals surface area contributed by atoms with Gasteiger partial charge in [0.25, 0.3) is 0 Å². The van der Waals surface area contributed by atoms with E-state index in [1.54, 1.807) is 0 Å². The Morgan fingerprint density at radius 2 is 1.35 bits per heavy atom. The van der Waals surface area contributed by atoms with Crippen LogP contribution in [0.25, 0.3) is 0 Å². The maximum absolute atomic E-state index is 2.59. The number of hydrogen-bond acceptors (Lipinski definition) is 2. The molecule has 0 atom stereocenters. The third kappa shape index (κ3) is 4.23. The van der Waals surface area contributed by atoms with E-state index in [1.165, 1.54) is 12.0 Å². The second-order valence-electron chi connectivity index (χ2n) is 4.87. The first-order valence-electron chi connectivity index (χ1n) is 7.11. The van der Waals surface area contributed by atoms with Gasteiger partial charge in [-0.25, -0.2) is 0 Å². The van der Waals surface area contributed by atoms with Crippen molar-refractivity contribution in [1.29, 1.82) is 0 Å². The van der Waals surface area contributed by atoms with Gasteiger partial charge in [0, 0.05) is 10.2 Å². The monoisotopic (exact) mass is 256 g/mol. The van der Waals surface area contributed by atoms with E-state index < -0.39 is 0 Å². The third-order valence-electron chi connectivity index (χ3n) is 4.00. The average Bonchev–Trinajstić information content (AvgIpc) is 2.31. The molecule has 0 fully saturated rings. The molecule has 0 saturated carbocycles. The average molecular weight is 257 g/mol. The lowest BCUT2D eigenvalue weighted by Crippen LogP contribution is -2.58. The molecule has 0 aromatic heterocycles. The number of nitrogens with zero attached hydrogens (tertiary/aromatic N) is 2. The van der Waals surface area contributed by atoms with E-state index >= 15 is 0 Å². The highest BCUT2D eigenvalue weighted by Crippen LogP contribution is 2.27. The molecule has 3 heteroatoms. The standard InChI is InChI=1S/C14H32N2Si/c1-7-15(8-2)14(6,11-13(5)12-17)16(9-3)10-4/h12H,7-11H2,1-6,17H3. The van der Waals surface area contributed by atoms with Crippen molar-refractivity contribution in [3.8, 4) is 0 Å². The predicted octanol–water partition coefficient (Wildman–Crippen LogP) is 2.05. The fraction of sp³-hybridized carbons (Fsp3) is 0.857. The molecular formula is C14H32N2Si. The minimum Gasteiger partial charge on any atom is -0.286 e. The van der Waals surface area contributed by atoms with E-state index in [9.17, 15) is 0 Å². The summed E-state index contributed by atoms with van der Waals surface area (Å²) in [5, 5.41) is 0. The Labute approximate surface area is 111 Å². The molecular weight excluding hydrogens is 224 g/mol. The van der Waals surface area contributed by atoms with Crippen LogP contribution in [0.2, 0.25) is 0 Å². The lowest BCUT2D eigenvalue weighted by atomic mass is 9.98. The van der Waals surface area contributed by atoms with Gasteiger partial charge >= 0.3 is 0 Å². The Hall–Kier alpha value is -0.123. The molecule has 2 nitrogen and oxygen atoms in total. The summed E-state index contributed by atoms with van der Waals surface area (Å²) in [6.45, 7) is 18.2. The molecule has 102 valence electrons. The minimum atomic E-state index is 0.179. The van der Waals surface area contributed by atoms with Gasteiger partial charge in [-0.15, -0.1) is 5.70 Å². The zero-order chi connectivity index (χ0) is 13.5. The molecule has 0 heterocycles. The molecule has 0 bridgehead atoms. The smallest absolute Gasteiger partial charge is 0.0746 e. The summed E-state index contributed by atoms with van der Waals surface area (Å²) in [6, 6.07) is 0. The first-order valence-corrected chi connectivity index (χ1v) is 8.27. The van der Waals surface area contributed by atoms with Crippen LogP contribution in [0.15, 0.2) is 11.3 Å². The Kier molecular flexibility index (Phi) is 8.00. The quantitative estimate of drug-likeness (QED) is 0.484. The van der Waals surface area contributed by atoms with E-state index in [2.05, 4.69) is 57.0 Å². The van der Waals surface area contributed by atoms with E-state index in [0.717, 1.165) is 36.4 Å². The molecule has 0 aliphatic heterocycles. The number of hydrogen-bond donors (Lipinski definition) is 0. The van der Waals surface area contributed by atoms with Crippen LogP contribution in [0.3, 0.4) is 0 Å². The summed E-state index contributed by atoms with van der Waals surface area (Å²) in [6.07, 6.45) is 1.17. The third-order valence-corrected chi connectivity index (χ3v) is 4.98. The van der Waals surface area contributed by atoms with Crippen molar-refractivity contribution in [3.05, 3.63) is 11.3 Å². The van der Waals surface area contributed by atoms with Crippen molar-refractivity contribution in [2.24, 2.45) is 0 Å². The Morgan fingerprint density at radius 3 is 1.59 bits per heavy atom. The van der Waals surface area contributed by atoms with Crippen molar-refractivity contribution in [3.63, 3.8) is 0 Å². The van der Waals surface area contributed by atoms with Gasteiger partial charge in [-0.1, -0.05) is 33.3 Å². The molecule has 17 heavy (non-hydrogen) atoms. The molecule has 0 saturated heterocycles. The predicted molar refractivity (Wildman–Crippen MR) is 82.6 cm³/mol. The fourth-order valence-corrected chi connectivity index (χ4v) is 3.07. The van der Waals surface area contributed by atoms with Crippen LogP contribution in [0.5, 0.6) is 0 Å². The molecule has 0 aromatic carbocycles. The highest BCUT2D eigenvalue weighted by atomic mass is 28.1. The summed E-state index contributed by atoms with van der Waals surface area (Å²) < 4.78 is 0. The van der Waals surface area contributed by atoms with E-state index in [-0.39, 0.29) is 5.66 Å². The summed E-state index contributed by atoms with van der Waals surface area (Å²) in [5.41, 5.74) is 4.10. The van der Waals surface area contributed by atoms with Crippen molar-refractivity contribution in [1.82, 2.24) is 9.80 Å². The van der Waals surface area contributed by atoms with Gasteiger partial charge in [0.15, 0.2) is 0 Å². The van der Waals surface area contributed by atoms with E-state index in [1.807, 2.05) is 0 Å². The van der Waals surface area contributed by atoms with E-state index in [0.29, 0.717) is 0 Å².